The van der Waals surface area contributed by atoms with E-state index in [4.69, 9.17) is 26.4 Å². The predicted octanol–water partition coefficient (Wildman–Crippen LogP) is 5.38. The zero-order chi connectivity index (χ0) is 22.4. The molecule has 0 aromatic heterocycles. The molecule has 2 aromatic rings. The molecule has 0 radical (unpaired) electrons. The second kappa shape index (κ2) is 10.7. The number of hydrogen-bond acceptors (Lipinski definition) is 6. The van der Waals surface area contributed by atoms with Gasteiger partial charge >= 0.3 is 0 Å². The molecule has 1 aliphatic rings. The van der Waals surface area contributed by atoms with Crippen molar-refractivity contribution >= 4 is 40.3 Å². The van der Waals surface area contributed by atoms with Crippen LogP contribution < -0.4 is 14.2 Å². The van der Waals surface area contributed by atoms with Crippen molar-refractivity contribution in [3.8, 4) is 17.2 Å². The third-order valence-corrected chi connectivity index (χ3v) is 6.21. The van der Waals surface area contributed by atoms with Gasteiger partial charge in [-0.1, -0.05) is 53.8 Å². The van der Waals surface area contributed by atoms with E-state index in [9.17, 15) is 4.79 Å². The molecule has 7 heteroatoms. The topological polar surface area (TPSA) is 48.0 Å². The van der Waals surface area contributed by atoms with E-state index in [1.807, 2.05) is 50.3 Å². The van der Waals surface area contributed by atoms with Gasteiger partial charge in [0.15, 0.2) is 11.5 Å². The molecule has 1 saturated heterocycles. The van der Waals surface area contributed by atoms with Gasteiger partial charge in [-0.05, 0) is 44.5 Å². The highest BCUT2D eigenvalue weighted by Crippen LogP contribution is 2.37. The fraction of sp³-hybridized carbons (Fsp3) is 0.333. The Morgan fingerprint density at radius 1 is 1.10 bits per heavy atom. The van der Waals surface area contributed by atoms with Crippen molar-refractivity contribution in [3.63, 3.8) is 0 Å². The number of aryl methyl sites for hydroxylation is 2. The first-order valence-corrected chi connectivity index (χ1v) is 11.4. The molecule has 0 saturated carbocycles. The summed E-state index contributed by atoms with van der Waals surface area (Å²) in [6, 6.07) is 11.8. The fourth-order valence-corrected chi connectivity index (χ4v) is 4.63. The summed E-state index contributed by atoms with van der Waals surface area (Å²) in [7, 11) is 1.60. The summed E-state index contributed by atoms with van der Waals surface area (Å²) in [5.41, 5.74) is 3.12. The smallest absolute Gasteiger partial charge is 0.266 e. The second-order valence-electron chi connectivity index (χ2n) is 7.12. The van der Waals surface area contributed by atoms with Gasteiger partial charge in [-0.15, -0.1) is 0 Å². The third-order valence-electron chi connectivity index (χ3n) is 4.83. The average molecular weight is 458 g/mol. The first-order chi connectivity index (χ1) is 14.9. The Morgan fingerprint density at radius 3 is 2.55 bits per heavy atom. The molecule has 3 rings (SSSR count). The van der Waals surface area contributed by atoms with Crippen molar-refractivity contribution in [2.24, 2.45) is 0 Å². The number of benzene rings is 2. The van der Waals surface area contributed by atoms with Crippen LogP contribution in [0.3, 0.4) is 0 Å². The molecule has 0 unspecified atom stereocenters. The zero-order valence-electron chi connectivity index (χ0n) is 18.3. The number of nitrogens with zero attached hydrogens (tertiary/aromatic N) is 1. The molecule has 164 valence electrons. The van der Waals surface area contributed by atoms with E-state index in [1.165, 1.54) is 17.3 Å². The van der Waals surface area contributed by atoms with Crippen LogP contribution in [-0.4, -0.2) is 42.0 Å². The molecule has 0 N–H and O–H groups in total. The minimum atomic E-state index is -0.0758. The van der Waals surface area contributed by atoms with Crippen LogP contribution in [0.2, 0.25) is 0 Å². The number of carbonyl (C=O) groups is 1. The lowest BCUT2D eigenvalue weighted by atomic mass is 10.1. The van der Waals surface area contributed by atoms with Crippen molar-refractivity contribution in [2.75, 3.05) is 26.9 Å². The first kappa shape index (κ1) is 23.2. The van der Waals surface area contributed by atoms with Crippen LogP contribution in [0.5, 0.6) is 17.2 Å². The number of rotatable bonds is 9. The van der Waals surface area contributed by atoms with E-state index in [-0.39, 0.29) is 5.91 Å². The van der Waals surface area contributed by atoms with Crippen LogP contribution in [0.1, 0.15) is 30.0 Å². The third kappa shape index (κ3) is 5.60. The molecule has 0 atom stereocenters. The lowest BCUT2D eigenvalue weighted by Crippen LogP contribution is -2.27. The Balaban J connectivity index is 1.66. The van der Waals surface area contributed by atoms with Gasteiger partial charge in [-0.3, -0.25) is 9.69 Å². The minimum Gasteiger partial charge on any atom is -0.493 e. The Bertz CT molecular complexity index is 1000. The van der Waals surface area contributed by atoms with Gasteiger partial charge in [0.05, 0.1) is 25.2 Å². The van der Waals surface area contributed by atoms with Crippen molar-refractivity contribution in [2.45, 2.75) is 27.2 Å². The number of thioether (sulfide) groups is 1. The van der Waals surface area contributed by atoms with Crippen molar-refractivity contribution < 1.29 is 19.0 Å². The van der Waals surface area contributed by atoms with Crippen LogP contribution >= 0.6 is 24.0 Å². The molecule has 1 heterocycles. The zero-order valence-corrected chi connectivity index (χ0v) is 19.9. The number of hydrogen-bond donors (Lipinski definition) is 0. The maximum absolute atomic E-state index is 12.6. The summed E-state index contributed by atoms with van der Waals surface area (Å²) in [6.45, 7) is 7.58. The molecule has 1 amide bonds. The Morgan fingerprint density at radius 2 is 1.87 bits per heavy atom. The predicted molar refractivity (Wildman–Crippen MR) is 130 cm³/mol. The van der Waals surface area contributed by atoms with E-state index in [1.54, 1.807) is 12.0 Å². The molecular weight excluding hydrogens is 430 g/mol. The molecule has 5 nitrogen and oxygen atoms in total. The van der Waals surface area contributed by atoms with Crippen molar-refractivity contribution in [3.05, 3.63) is 58.0 Å². The summed E-state index contributed by atoms with van der Waals surface area (Å²) in [6.07, 6.45) is 2.53. The number of para-hydroxylation sites is 1. The van der Waals surface area contributed by atoms with Crippen LogP contribution in [0.25, 0.3) is 6.08 Å². The highest BCUT2D eigenvalue weighted by molar-refractivity contribution is 8.26. The molecule has 2 aromatic carbocycles. The second-order valence-corrected chi connectivity index (χ2v) is 8.80. The van der Waals surface area contributed by atoms with E-state index >= 15 is 0 Å². The minimum absolute atomic E-state index is 0.0758. The van der Waals surface area contributed by atoms with Gasteiger partial charge in [0.1, 0.15) is 10.1 Å². The molecule has 31 heavy (non-hydrogen) atoms. The maximum atomic E-state index is 12.6. The first-order valence-electron chi connectivity index (χ1n) is 10.2. The highest BCUT2D eigenvalue weighted by Gasteiger charge is 2.31. The van der Waals surface area contributed by atoms with Gasteiger partial charge in [0, 0.05) is 18.5 Å². The SMILES string of the molecule is CCN1C(=O)C(=Cc2cccc(OC)c2OCCCOc2ccc(C)cc2C)SC1=S. The number of likely N-dealkylation sites (N-methyl/N-ethyl adjacent to an activating group) is 1. The average Bonchev–Trinajstić information content (AvgIpc) is 3.02. The number of carbonyl (C=O) groups excluding carboxylic acids is 1. The summed E-state index contributed by atoms with van der Waals surface area (Å²) >= 11 is 6.61. The highest BCUT2D eigenvalue weighted by atomic mass is 32.2. The van der Waals surface area contributed by atoms with E-state index in [0.717, 1.165) is 16.9 Å². The number of methoxy groups -OCH3 is 1. The fourth-order valence-electron chi connectivity index (χ4n) is 3.25. The lowest BCUT2D eigenvalue weighted by molar-refractivity contribution is -0.121. The molecular formula is C24H27NO4S2. The normalized spacial score (nSPS) is 15.0. The Labute approximate surface area is 193 Å². The molecule has 0 spiro atoms. The number of thiocarbonyl (C=S) groups is 1. The largest absolute Gasteiger partial charge is 0.493 e. The van der Waals surface area contributed by atoms with Crippen LogP contribution in [0.15, 0.2) is 41.3 Å². The van der Waals surface area contributed by atoms with Crippen LogP contribution in [0.4, 0.5) is 0 Å². The number of amides is 1. The van der Waals surface area contributed by atoms with E-state index in [0.29, 0.717) is 46.9 Å². The number of ether oxygens (including phenoxy) is 3. The summed E-state index contributed by atoms with van der Waals surface area (Å²) in [5, 5.41) is 0. The summed E-state index contributed by atoms with van der Waals surface area (Å²) < 4.78 is 18.0. The van der Waals surface area contributed by atoms with Crippen molar-refractivity contribution in [1.29, 1.82) is 0 Å². The van der Waals surface area contributed by atoms with Crippen LogP contribution in [-0.2, 0) is 4.79 Å². The maximum Gasteiger partial charge on any atom is 0.266 e. The Kier molecular flexibility index (Phi) is 7.98. The van der Waals surface area contributed by atoms with Gasteiger partial charge < -0.3 is 14.2 Å². The summed E-state index contributed by atoms with van der Waals surface area (Å²) in [5.74, 6) is 2.04. The Hall–Kier alpha value is -2.51. The quantitative estimate of drug-likeness (QED) is 0.286. The summed E-state index contributed by atoms with van der Waals surface area (Å²) in [4.78, 5) is 14.7. The molecule has 1 aliphatic heterocycles. The standard InChI is InChI=1S/C24H27NO4S2/c1-5-25-23(26)21(31-24(25)30)15-18-8-6-9-20(27-4)22(18)29-13-7-12-28-19-11-10-16(2)14-17(19)3/h6,8-11,14-15H,5,7,12-13H2,1-4H3. The van der Waals surface area contributed by atoms with Gasteiger partial charge in [0.25, 0.3) is 5.91 Å². The van der Waals surface area contributed by atoms with Gasteiger partial charge in [-0.2, -0.15) is 0 Å². The lowest BCUT2D eigenvalue weighted by Gasteiger charge is -2.14. The molecule has 0 aliphatic carbocycles. The van der Waals surface area contributed by atoms with Crippen LogP contribution in [0, 0.1) is 13.8 Å². The molecule has 0 bridgehead atoms. The van der Waals surface area contributed by atoms with Crippen molar-refractivity contribution in [1.82, 2.24) is 4.90 Å². The van der Waals surface area contributed by atoms with E-state index in [2.05, 4.69) is 13.0 Å². The molecule has 1 fully saturated rings. The monoisotopic (exact) mass is 457 g/mol. The van der Waals surface area contributed by atoms with Gasteiger partial charge in [-0.25, -0.2) is 0 Å². The van der Waals surface area contributed by atoms with E-state index < -0.39 is 0 Å². The van der Waals surface area contributed by atoms with Gasteiger partial charge in [0.2, 0.25) is 0 Å².